The third-order valence-electron chi connectivity index (χ3n) is 4.67. The van der Waals surface area contributed by atoms with E-state index in [4.69, 9.17) is 14.2 Å². The molecule has 2 heterocycles. The van der Waals surface area contributed by atoms with Gasteiger partial charge in [0.05, 0.1) is 38.7 Å². The summed E-state index contributed by atoms with van der Waals surface area (Å²) in [5.41, 5.74) is 1.75. The van der Waals surface area contributed by atoms with Gasteiger partial charge in [-0.2, -0.15) is 0 Å². The molecule has 1 amide bonds. The van der Waals surface area contributed by atoms with E-state index in [2.05, 4.69) is 20.2 Å². The first kappa shape index (κ1) is 21.4. The first-order chi connectivity index (χ1) is 14.2. The first-order valence-corrected chi connectivity index (χ1v) is 10.6. The molecule has 0 bridgehead atoms. The maximum absolute atomic E-state index is 12.9. The SMILES string of the molecule is COc1ccc(-c2nc(SC)ncc2C(=O)NCCN2CCOCC2)cc1OC. The number of amides is 1. The van der Waals surface area contributed by atoms with E-state index in [1.165, 1.54) is 11.8 Å². The number of rotatable bonds is 8. The number of morpholine rings is 1. The van der Waals surface area contributed by atoms with E-state index in [-0.39, 0.29) is 5.91 Å². The van der Waals surface area contributed by atoms with Crippen LogP contribution in [0, 0.1) is 0 Å². The van der Waals surface area contributed by atoms with Crippen LogP contribution >= 0.6 is 11.8 Å². The number of ether oxygens (including phenoxy) is 3. The number of hydrogen-bond donors (Lipinski definition) is 1. The van der Waals surface area contributed by atoms with Crippen LogP contribution in [0.4, 0.5) is 0 Å². The van der Waals surface area contributed by atoms with Gasteiger partial charge in [-0.25, -0.2) is 9.97 Å². The average molecular weight is 419 g/mol. The Bertz CT molecular complexity index is 843. The highest BCUT2D eigenvalue weighted by Gasteiger charge is 2.18. The maximum Gasteiger partial charge on any atom is 0.255 e. The molecule has 0 aliphatic carbocycles. The van der Waals surface area contributed by atoms with Crippen LogP contribution in [0.15, 0.2) is 29.6 Å². The summed E-state index contributed by atoms with van der Waals surface area (Å²) in [6.45, 7) is 4.58. The molecule has 1 aromatic heterocycles. The molecule has 156 valence electrons. The lowest BCUT2D eigenvalue weighted by atomic mass is 10.1. The van der Waals surface area contributed by atoms with Crippen LogP contribution in [-0.4, -0.2) is 80.6 Å². The highest BCUT2D eigenvalue weighted by molar-refractivity contribution is 7.98. The van der Waals surface area contributed by atoms with Gasteiger partial charge in [0.1, 0.15) is 0 Å². The maximum atomic E-state index is 12.9. The van der Waals surface area contributed by atoms with Crippen molar-refractivity contribution in [1.29, 1.82) is 0 Å². The molecular formula is C20H26N4O4S. The van der Waals surface area contributed by atoms with Crippen LogP contribution in [0.25, 0.3) is 11.3 Å². The molecule has 1 N–H and O–H groups in total. The van der Waals surface area contributed by atoms with Crippen molar-refractivity contribution in [3.63, 3.8) is 0 Å². The van der Waals surface area contributed by atoms with Crippen LogP contribution in [0.5, 0.6) is 11.5 Å². The average Bonchev–Trinajstić information content (AvgIpc) is 2.78. The summed E-state index contributed by atoms with van der Waals surface area (Å²) in [6, 6.07) is 5.48. The van der Waals surface area contributed by atoms with Gasteiger partial charge in [0.15, 0.2) is 16.7 Å². The summed E-state index contributed by atoms with van der Waals surface area (Å²) in [4.78, 5) is 24.0. The summed E-state index contributed by atoms with van der Waals surface area (Å²) in [7, 11) is 3.16. The minimum absolute atomic E-state index is 0.198. The largest absolute Gasteiger partial charge is 0.493 e. The third-order valence-corrected chi connectivity index (χ3v) is 5.23. The van der Waals surface area contributed by atoms with E-state index < -0.39 is 0 Å². The monoisotopic (exact) mass is 418 g/mol. The number of methoxy groups -OCH3 is 2. The zero-order valence-corrected chi connectivity index (χ0v) is 17.8. The van der Waals surface area contributed by atoms with Crippen LogP contribution in [-0.2, 0) is 4.74 Å². The second-order valence-corrected chi connectivity index (χ2v) is 7.17. The van der Waals surface area contributed by atoms with Gasteiger partial charge < -0.3 is 19.5 Å². The Morgan fingerprint density at radius 1 is 1.24 bits per heavy atom. The molecule has 0 unspecified atom stereocenters. The smallest absolute Gasteiger partial charge is 0.255 e. The Morgan fingerprint density at radius 3 is 2.69 bits per heavy atom. The van der Waals surface area contributed by atoms with E-state index in [0.29, 0.717) is 34.5 Å². The topological polar surface area (TPSA) is 85.8 Å². The van der Waals surface area contributed by atoms with Gasteiger partial charge >= 0.3 is 0 Å². The fourth-order valence-electron chi connectivity index (χ4n) is 3.08. The van der Waals surface area contributed by atoms with Crippen molar-refractivity contribution in [2.75, 3.05) is 59.9 Å². The summed E-state index contributed by atoms with van der Waals surface area (Å²) in [5, 5.41) is 3.58. The third kappa shape index (κ3) is 5.37. The Morgan fingerprint density at radius 2 is 2.00 bits per heavy atom. The first-order valence-electron chi connectivity index (χ1n) is 9.38. The molecule has 0 saturated carbocycles. The number of benzene rings is 1. The van der Waals surface area contributed by atoms with Crippen LogP contribution in [0.3, 0.4) is 0 Å². The second kappa shape index (κ2) is 10.4. The Hall–Kier alpha value is -2.36. The van der Waals surface area contributed by atoms with E-state index in [1.807, 2.05) is 18.4 Å². The molecule has 29 heavy (non-hydrogen) atoms. The van der Waals surface area contributed by atoms with Gasteiger partial charge in [-0.3, -0.25) is 9.69 Å². The van der Waals surface area contributed by atoms with Crippen molar-refractivity contribution >= 4 is 17.7 Å². The number of thioether (sulfide) groups is 1. The molecule has 3 rings (SSSR count). The summed E-state index contributed by atoms with van der Waals surface area (Å²) in [5.74, 6) is 0.996. The zero-order valence-electron chi connectivity index (χ0n) is 16.9. The van der Waals surface area contributed by atoms with E-state index in [0.717, 1.165) is 38.4 Å². The quantitative estimate of drug-likeness (QED) is 0.514. The number of aromatic nitrogens is 2. The number of carbonyl (C=O) groups is 1. The molecular weight excluding hydrogens is 392 g/mol. The predicted molar refractivity (Wildman–Crippen MR) is 112 cm³/mol. The predicted octanol–water partition coefficient (Wildman–Crippen LogP) is 1.94. The van der Waals surface area contributed by atoms with Gasteiger partial charge in [-0.1, -0.05) is 11.8 Å². The lowest BCUT2D eigenvalue weighted by Gasteiger charge is -2.26. The molecule has 1 aromatic carbocycles. The second-order valence-electron chi connectivity index (χ2n) is 6.40. The van der Waals surface area contributed by atoms with E-state index in [1.54, 1.807) is 26.5 Å². The number of nitrogens with one attached hydrogen (secondary N) is 1. The fraction of sp³-hybridized carbons (Fsp3) is 0.450. The Kier molecular flexibility index (Phi) is 7.68. The highest BCUT2D eigenvalue weighted by Crippen LogP contribution is 2.33. The lowest BCUT2D eigenvalue weighted by Crippen LogP contribution is -2.41. The molecule has 2 aromatic rings. The van der Waals surface area contributed by atoms with Crippen molar-refractivity contribution in [2.24, 2.45) is 0 Å². The van der Waals surface area contributed by atoms with Gasteiger partial charge in [0.25, 0.3) is 5.91 Å². The molecule has 1 fully saturated rings. The molecule has 1 aliphatic rings. The fourth-order valence-corrected chi connectivity index (χ4v) is 3.42. The lowest BCUT2D eigenvalue weighted by molar-refractivity contribution is 0.0383. The summed E-state index contributed by atoms with van der Waals surface area (Å²) < 4.78 is 16.1. The van der Waals surface area contributed by atoms with Crippen molar-refractivity contribution in [2.45, 2.75) is 5.16 Å². The summed E-state index contributed by atoms with van der Waals surface area (Å²) >= 11 is 1.42. The standard InChI is InChI=1S/C20H26N4O4S/c1-26-16-5-4-14(12-17(16)27-2)18-15(13-22-20(23-18)29-3)19(25)21-6-7-24-8-10-28-11-9-24/h4-5,12-13H,6-11H2,1-3H3,(H,21,25). The van der Waals surface area contributed by atoms with Gasteiger partial charge in [-0.05, 0) is 24.5 Å². The van der Waals surface area contributed by atoms with Crippen LogP contribution < -0.4 is 14.8 Å². The molecule has 0 radical (unpaired) electrons. The van der Waals surface area contributed by atoms with Crippen LogP contribution in [0.2, 0.25) is 0 Å². The molecule has 8 nitrogen and oxygen atoms in total. The molecule has 9 heteroatoms. The van der Waals surface area contributed by atoms with Gasteiger partial charge in [0, 0.05) is 37.9 Å². The molecule has 1 saturated heterocycles. The van der Waals surface area contributed by atoms with E-state index >= 15 is 0 Å². The Labute approximate surface area is 175 Å². The minimum atomic E-state index is -0.198. The van der Waals surface area contributed by atoms with Crippen molar-refractivity contribution in [3.8, 4) is 22.8 Å². The minimum Gasteiger partial charge on any atom is -0.493 e. The van der Waals surface area contributed by atoms with Crippen molar-refractivity contribution in [1.82, 2.24) is 20.2 Å². The molecule has 0 atom stereocenters. The van der Waals surface area contributed by atoms with Gasteiger partial charge in [-0.15, -0.1) is 0 Å². The normalized spacial score (nSPS) is 14.4. The number of carbonyl (C=O) groups excluding carboxylic acids is 1. The molecule has 1 aliphatic heterocycles. The zero-order chi connectivity index (χ0) is 20.6. The number of hydrogen-bond acceptors (Lipinski definition) is 8. The number of nitrogens with zero attached hydrogens (tertiary/aromatic N) is 3. The van der Waals surface area contributed by atoms with Crippen molar-refractivity contribution in [3.05, 3.63) is 30.0 Å². The van der Waals surface area contributed by atoms with Crippen LogP contribution in [0.1, 0.15) is 10.4 Å². The molecule has 0 spiro atoms. The van der Waals surface area contributed by atoms with Gasteiger partial charge in [0.2, 0.25) is 0 Å². The highest BCUT2D eigenvalue weighted by atomic mass is 32.2. The van der Waals surface area contributed by atoms with E-state index in [9.17, 15) is 4.79 Å². The van der Waals surface area contributed by atoms with Crippen molar-refractivity contribution < 1.29 is 19.0 Å². The summed E-state index contributed by atoms with van der Waals surface area (Å²) in [6.07, 6.45) is 3.48. The Balaban J connectivity index is 1.80.